The third-order valence-electron chi connectivity index (χ3n) is 1.81. The third kappa shape index (κ3) is 2.80. The predicted octanol–water partition coefficient (Wildman–Crippen LogP) is 0.421. The fourth-order valence-electron chi connectivity index (χ4n) is 0.969. The summed E-state index contributed by atoms with van der Waals surface area (Å²) in [7, 11) is -3.80. The van der Waals surface area contributed by atoms with E-state index in [1.54, 1.807) is 6.92 Å². The van der Waals surface area contributed by atoms with Gasteiger partial charge >= 0.3 is 5.97 Å². The molecule has 1 atom stereocenters. The molecule has 0 aliphatic rings. The molecule has 0 amide bonds. The molecule has 0 radical (unpaired) electrons. The molecule has 1 aromatic heterocycles. The molecule has 0 aliphatic heterocycles. The molecule has 0 aromatic carbocycles. The minimum Gasteiger partial charge on any atom is -0.480 e. The van der Waals surface area contributed by atoms with Crippen molar-refractivity contribution < 1.29 is 22.7 Å². The van der Waals surface area contributed by atoms with Crippen LogP contribution in [0.5, 0.6) is 0 Å². The van der Waals surface area contributed by atoms with Gasteiger partial charge in [0.2, 0.25) is 10.0 Å². The van der Waals surface area contributed by atoms with E-state index in [0.29, 0.717) is 0 Å². The molecule has 1 aromatic rings. The van der Waals surface area contributed by atoms with Gasteiger partial charge in [0.25, 0.3) is 0 Å². The van der Waals surface area contributed by atoms with E-state index in [1.807, 2.05) is 0 Å². The minimum absolute atomic E-state index is 0.0813. The highest BCUT2D eigenvalue weighted by atomic mass is 32.2. The standard InChI is InChI=1S/C8H11NO5S/c1-2-7(8(10)11)9-15(12,13)6-3-4-14-5-6/h3-5,7,9H,2H2,1H3,(H,10,11). The monoisotopic (exact) mass is 233 g/mol. The van der Waals surface area contributed by atoms with Crippen LogP contribution in [0.2, 0.25) is 0 Å². The molecule has 0 bridgehead atoms. The molecule has 7 heteroatoms. The third-order valence-corrected chi connectivity index (χ3v) is 3.26. The Balaban J connectivity index is 2.86. The summed E-state index contributed by atoms with van der Waals surface area (Å²) >= 11 is 0. The Morgan fingerprint density at radius 3 is 2.73 bits per heavy atom. The van der Waals surface area contributed by atoms with Crippen molar-refractivity contribution in [3.05, 3.63) is 18.6 Å². The fourth-order valence-corrected chi connectivity index (χ4v) is 2.16. The van der Waals surface area contributed by atoms with Crippen LogP contribution in [0, 0.1) is 0 Å². The van der Waals surface area contributed by atoms with Gasteiger partial charge in [-0.25, -0.2) is 8.42 Å². The maximum absolute atomic E-state index is 11.5. The largest absolute Gasteiger partial charge is 0.480 e. The van der Waals surface area contributed by atoms with Gasteiger partial charge in [0.05, 0.1) is 6.26 Å². The van der Waals surface area contributed by atoms with Crippen LogP contribution in [-0.4, -0.2) is 25.5 Å². The average molecular weight is 233 g/mol. The Labute approximate surface area is 87.0 Å². The number of hydrogen-bond acceptors (Lipinski definition) is 4. The van der Waals surface area contributed by atoms with Crippen LogP contribution in [0.3, 0.4) is 0 Å². The van der Waals surface area contributed by atoms with E-state index in [-0.39, 0.29) is 11.3 Å². The Hall–Kier alpha value is -1.34. The number of rotatable bonds is 5. The quantitative estimate of drug-likeness (QED) is 0.768. The van der Waals surface area contributed by atoms with E-state index in [9.17, 15) is 13.2 Å². The summed E-state index contributed by atoms with van der Waals surface area (Å²) in [5.41, 5.74) is 0. The zero-order valence-corrected chi connectivity index (χ0v) is 8.82. The lowest BCUT2D eigenvalue weighted by molar-refractivity contribution is -0.139. The van der Waals surface area contributed by atoms with Gasteiger partial charge in [-0.05, 0) is 12.5 Å². The molecule has 0 fully saturated rings. The van der Waals surface area contributed by atoms with Crippen molar-refractivity contribution in [2.45, 2.75) is 24.3 Å². The summed E-state index contributed by atoms with van der Waals surface area (Å²) in [5.74, 6) is -1.20. The lowest BCUT2D eigenvalue weighted by Crippen LogP contribution is -2.39. The van der Waals surface area contributed by atoms with Crippen molar-refractivity contribution in [1.29, 1.82) is 0 Å². The molecule has 6 nitrogen and oxygen atoms in total. The van der Waals surface area contributed by atoms with Gasteiger partial charge in [-0.2, -0.15) is 4.72 Å². The second-order valence-corrected chi connectivity index (χ2v) is 4.59. The molecular formula is C8H11NO5S. The molecule has 84 valence electrons. The molecule has 1 heterocycles. The Bertz CT molecular complexity index is 422. The fraction of sp³-hybridized carbons (Fsp3) is 0.375. The number of carboxylic acid groups (broad SMARTS) is 1. The van der Waals surface area contributed by atoms with Crippen LogP contribution < -0.4 is 4.72 Å². The molecule has 1 rings (SSSR count). The maximum Gasteiger partial charge on any atom is 0.321 e. The van der Waals surface area contributed by atoms with Crippen LogP contribution in [0.1, 0.15) is 13.3 Å². The number of furan rings is 1. The number of nitrogens with one attached hydrogen (secondary N) is 1. The van der Waals surface area contributed by atoms with Crippen molar-refractivity contribution in [2.24, 2.45) is 0 Å². The second kappa shape index (κ2) is 4.45. The lowest BCUT2D eigenvalue weighted by atomic mass is 10.2. The Morgan fingerprint density at radius 2 is 2.33 bits per heavy atom. The smallest absolute Gasteiger partial charge is 0.321 e. The average Bonchev–Trinajstić information content (AvgIpc) is 2.67. The van der Waals surface area contributed by atoms with Crippen LogP contribution in [0.4, 0.5) is 0 Å². The van der Waals surface area contributed by atoms with E-state index < -0.39 is 22.0 Å². The first-order chi connectivity index (χ1) is 6.97. The summed E-state index contributed by atoms with van der Waals surface area (Å²) in [4.78, 5) is 10.5. The van der Waals surface area contributed by atoms with Crippen LogP contribution in [-0.2, 0) is 14.8 Å². The van der Waals surface area contributed by atoms with Gasteiger partial charge in [-0.1, -0.05) is 6.92 Å². The number of aliphatic carboxylic acids is 1. The van der Waals surface area contributed by atoms with Crippen molar-refractivity contribution in [3.8, 4) is 0 Å². The summed E-state index contributed by atoms with van der Waals surface area (Å²) in [6, 6.07) is 0.126. The van der Waals surface area contributed by atoms with E-state index in [1.165, 1.54) is 12.3 Å². The SMILES string of the molecule is CCC(NS(=O)(=O)c1ccoc1)C(=O)O. The Kier molecular flexibility index (Phi) is 3.48. The highest BCUT2D eigenvalue weighted by Gasteiger charge is 2.24. The van der Waals surface area contributed by atoms with Gasteiger partial charge in [-0.15, -0.1) is 0 Å². The van der Waals surface area contributed by atoms with Crippen molar-refractivity contribution in [3.63, 3.8) is 0 Å². The highest BCUT2D eigenvalue weighted by molar-refractivity contribution is 7.89. The van der Waals surface area contributed by atoms with E-state index in [0.717, 1.165) is 6.26 Å². The molecule has 15 heavy (non-hydrogen) atoms. The number of hydrogen-bond donors (Lipinski definition) is 2. The summed E-state index contributed by atoms with van der Waals surface area (Å²) in [5, 5.41) is 8.68. The van der Waals surface area contributed by atoms with Crippen molar-refractivity contribution in [2.75, 3.05) is 0 Å². The van der Waals surface area contributed by atoms with E-state index in [4.69, 9.17) is 5.11 Å². The van der Waals surface area contributed by atoms with E-state index >= 15 is 0 Å². The van der Waals surface area contributed by atoms with Crippen LogP contribution >= 0.6 is 0 Å². The number of carboxylic acids is 1. The van der Waals surface area contributed by atoms with Crippen molar-refractivity contribution >= 4 is 16.0 Å². The number of carbonyl (C=O) groups is 1. The van der Waals surface area contributed by atoms with Gasteiger partial charge in [0.15, 0.2) is 0 Å². The maximum atomic E-state index is 11.5. The molecule has 0 saturated heterocycles. The van der Waals surface area contributed by atoms with Gasteiger partial charge in [-0.3, -0.25) is 4.79 Å². The van der Waals surface area contributed by atoms with Crippen LogP contribution in [0.15, 0.2) is 27.9 Å². The van der Waals surface area contributed by atoms with Crippen LogP contribution in [0.25, 0.3) is 0 Å². The molecule has 0 saturated carbocycles. The summed E-state index contributed by atoms with van der Waals surface area (Å²) in [6.07, 6.45) is 2.42. The van der Waals surface area contributed by atoms with E-state index in [2.05, 4.69) is 9.14 Å². The Morgan fingerprint density at radius 1 is 1.67 bits per heavy atom. The lowest BCUT2D eigenvalue weighted by Gasteiger charge is -2.11. The van der Waals surface area contributed by atoms with Gasteiger partial charge in [0.1, 0.15) is 17.2 Å². The summed E-state index contributed by atoms with van der Waals surface area (Å²) < 4.78 is 29.7. The zero-order chi connectivity index (χ0) is 11.5. The number of sulfonamides is 1. The second-order valence-electron chi connectivity index (χ2n) is 2.88. The van der Waals surface area contributed by atoms with Gasteiger partial charge < -0.3 is 9.52 Å². The minimum atomic E-state index is -3.80. The topological polar surface area (TPSA) is 96.6 Å². The molecule has 0 aliphatic carbocycles. The van der Waals surface area contributed by atoms with Gasteiger partial charge in [0, 0.05) is 0 Å². The summed E-state index contributed by atoms with van der Waals surface area (Å²) in [6.45, 7) is 1.58. The predicted molar refractivity (Wildman–Crippen MR) is 50.7 cm³/mol. The first-order valence-corrected chi connectivity index (χ1v) is 5.73. The van der Waals surface area contributed by atoms with Crippen molar-refractivity contribution in [1.82, 2.24) is 4.72 Å². The molecule has 1 unspecified atom stereocenters. The molecule has 0 spiro atoms. The highest BCUT2D eigenvalue weighted by Crippen LogP contribution is 2.09. The molecular weight excluding hydrogens is 222 g/mol. The normalized spacial score (nSPS) is 13.7. The first kappa shape index (κ1) is 11.7. The first-order valence-electron chi connectivity index (χ1n) is 4.24. The molecule has 2 N–H and O–H groups in total. The zero-order valence-electron chi connectivity index (χ0n) is 8.00.